The first kappa shape index (κ1) is 15.0. The molecule has 0 unspecified atom stereocenters. The molecule has 3 amide bonds. The Morgan fingerprint density at radius 2 is 1.82 bits per heavy atom. The van der Waals surface area contributed by atoms with Gasteiger partial charge in [0.25, 0.3) is 11.8 Å². The first-order valence-electron chi connectivity index (χ1n) is 7.10. The third-order valence-corrected chi connectivity index (χ3v) is 4.41. The first-order valence-corrected chi connectivity index (χ1v) is 7.48. The maximum absolute atomic E-state index is 12.3. The lowest BCUT2D eigenvalue weighted by Crippen LogP contribution is -2.50. The summed E-state index contributed by atoms with van der Waals surface area (Å²) >= 11 is 6.00. The molecule has 0 aliphatic carbocycles. The number of amides is 3. The summed E-state index contributed by atoms with van der Waals surface area (Å²) in [5.41, 5.74) is 0.462. The van der Waals surface area contributed by atoms with Crippen LogP contribution in [0, 0.1) is 0 Å². The molecule has 6 nitrogen and oxygen atoms in total. The van der Waals surface area contributed by atoms with E-state index in [1.165, 1.54) is 0 Å². The van der Waals surface area contributed by atoms with E-state index in [1.807, 2.05) is 7.05 Å². The minimum Gasteiger partial charge on any atom is -0.339 e. The first-order chi connectivity index (χ1) is 10.5. The van der Waals surface area contributed by atoms with Crippen LogP contribution in [0.3, 0.4) is 0 Å². The van der Waals surface area contributed by atoms with Gasteiger partial charge in [-0.2, -0.15) is 0 Å². The Morgan fingerprint density at radius 3 is 2.45 bits per heavy atom. The summed E-state index contributed by atoms with van der Waals surface area (Å²) in [6, 6.07) is 4.75. The zero-order valence-corrected chi connectivity index (χ0v) is 13.0. The topological polar surface area (TPSA) is 60.9 Å². The molecule has 2 heterocycles. The number of piperazine rings is 1. The number of likely N-dealkylation sites (N-methyl/N-ethyl adjacent to an activating group) is 1. The fourth-order valence-electron chi connectivity index (χ4n) is 2.73. The van der Waals surface area contributed by atoms with Crippen molar-refractivity contribution in [3.8, 4) is 0 Å². The van der Waals surface area contributed by atoms with Gasteiger partial charge in [0, 0.05) is 26.2 Å². The van der Waals surface area contributed by atoms with Gasteiger partial charge in [-0.15, -0.1) is 0 Å². The number of rotatable bonds is 2. The minimum atomic E-state index is -0.493. The predicted molar refractivity (Wildman–Crippen MR) is 80.9 cm³/mol. The molecule has 3 rings (SSSR count). The van der Waals surface area contributed by atoms with Crippen LogP contribution in [0.2, 0.25) is 5.02 Å². The van der Waals surface area contributed by atoms with Gasteiger partial charge in [-0.05, 0) is 19.2 Å². The van der Waals surface area contributed by atoms with Gasteiger partial charge in [0.15, 0.2) is 0 Å². The predicted octanol–water partition coefficient (Wildman–Crippen LogP) is 0.710. The van der Waals surface area contributed by atoms with Crippen molar-refractivity contribution >= 4 is 29.3 Å². The summed E-state index contributed by atoms with van der Waals surface area (Å²) in [4.78, 5) is 41.8. The molecule has 0 radical (unpaired) electrons. The maximum atomic E-state index is 12.3. The van der Waals surface area contributed by atoms with E-state index in [2.05, 4.69) is 4.90 Å². The second-order valence-corrected chi connectivity index (χ2v) is 5.95. The standard InChI is InChI=1S/C15H16ClN3O3/c1-17-5-7-18(8-6-17)12(20)9-19-14(21)10-3-2-4-11(16)13(10)15(19)22/h2-4H,5-9H2,1H3. The number of carbonyl (C=O) groups is 3. The molecular formula is C15H16ClN3O3. The summed E-state index contributed by atoms with van der Waals surface area (Å²) in [6.07, 6.45) is 0. The Balaban J connectivity index is 1.74. The lowest BCUT2D eigenvalue weighted by atomic mass is 10.1. The van der Waals surface area contributed by atoms with Gasteiger partial charge in [-0.3, -0.25) is 19.3 Å². The van der Waals surface area contributed by atoms with E-state index >= 15 is 0 Å². The largest absolute Gasteiger partial charge is 0.339 e. The molecule has 1 aromatic rings. The van der Waals surface area contributed by atoms with Gasteiger partial charge in [-0.1, -0.05) is 17.7 Å². The van der Waals surface area contributed by atoms with Gasteiger partial charge >= 0.3 is 0 Å². The molecule has 1 fully saturated rings. The molecule has 0 atom stereocenters. The number of hydrogen-bond donors (Lipinski definition) is 0. The highest BCUT2D eigenvalue weighted by atomic mass is 35.5. The smallest absolute Gasteiger partial charge is 0.263 e. The number of carbonyl (C=O) groups excluding carboxylic acids is 3. The van der Waals surface area contributed by atoms with Crippen LogP contribution < -0.4 is 0 Å². The fourth-order valence-corrected chi connectivity index (χ4v) is 2.98. The van der Waals surface area contributed by atoms with Crippen molar-refractivity contribution in [3.63, 3.8) is 0 Å². The highest BCUT2D eigenvalue weighted by Gasteiger charge is 2.38. The summed E-state index contributed by atoms with van der Waals surface area (Å²) in [7, 11) is 1.99. The number of halogens is 1. The average Bonchev–Trinajstić information content (AvgIpc) is 2.74. The van der Waals surface area contributed by atoms with Gasteiger partial charge in [0.1, 0.15) is 6.54 Å². The average molecular weight is 322 g/mol. The van der Waals surface area contributed by atoms with Crippen LogP contribution >= 0.6 is 11.6 Å². The van der Waals surface area contributed by atoms with E-state index in [4.69, 9.17) is 11.6 Å². The second kappa shape index (κ2) is 5.70. The number of imide groups is 1. The Bertz CT molecular complexity index is 653. The molecule has 0 saturated carbocycles. The number of hydrogen-bond acceptors (Lipinski definition) is 4. The molecule has 116 valence electrons. The quantitative estimate of drug-likeness (QED) is 0.753. The van der Waals surface area contributed by atoms with E-state index < -0.39 is 11.8 Å². The third kappa shape index (κ3) is 2.48. The van der Waals surface area contributed by atoms with Crippen molar-refractivity contribution in [2.24, 2.45) is 0 Å². The SMILES string of the molecule is CN1CCN(C(=O)CN2C(=O)c3cccc(Cl)c3C2=O)CC1. The van der Waals surface area contributed by atoms with E-state index in [1.54, 1.807) is 23.1 Å². The molecule has 0 N–H and O–H groups in total. The highest BCUT2D eigenvalue weighted by molar-refractivity contribution is 6.37. The normalized spacial score (nSPS) is 18.8. The molecule has 7 heteroatoms. The van der Waals surface area contributed by atoms with Crippen LogP contribution in [0.25, 0.3) is 0 Å². The summed E-state index contributed by atoms with van der Waals surface area (Å²) < 4.78 is 0. The van der Waals surface area contributed by atoms with Gasteiger partial charge < -0.3 is 9.80 Å². The molecule has 0 bridgehead atoms. The molecule has 0 spiro atoms. The molecule has 2 aliphatic heterocycles. The zero-order valence-electron chi connectivity index (χ0n) is 12.2. The van der Waals surface area contributed by atoms with Gasteiger partial charge in [0.05, 0.1) is 16.1 Å². The molecule has 1 aromatic carbocycles. The second-order valence-electron chi connectivity index (χ2n) is 5.54. The van der Waals surface area contributed by atoms with Crippen LogP contribution in [-0.2, 0) is 4.79 Å². The molecule has 22 heavy (non-hydrogen) atoms. The van der Waals surface area contributed by atoms with Crippen LogP contribution in [0.1, 0.15) is 20.7 Å². The summed E-state index contributed by atoms with van der Waals surface area (Å²) in [6.45, 7) is 2.57. The van der Waals surface area contributed by atoms with E-state index in [9.17, 15) is 14.4 Å². The Labute approximate surface area is 133 Å². The summed E-state index contributed by atoms with van der Waals surface area (Å²) in [5, 5.41) is 0.241. The Morgan fingerprint density at radius 1 is 1.14 bits per heavy atom. The number of nitrogens with zero attached hydrogens (tertiary/aromatic N) is 3. The summed E-state index contributed by atoms with van der Waals surface area (Å²) in [5.74, 6) is -1.16. The molecular weight excluding hydrogens is 306 g/mol. The zero-order chi connectivity index (χ0) is 15.9. The number of benzene rings is 1. The van der Waals surface area contributed by atoms with Crippen LogP contribution in [-0.4, -0.2) is 72.2 Å². The van der Waals surface area contributed by atoms with Crippen molar-refractivity contribution in [3.05, 3.63) is 34.3 Å². The van der Waals surface area contributed by atoms with Crippen molar-refractivity contribution in [1.29, 1.82) is 0 Å². The van der Waals surface area contributed by atoms with Crippen molar-refractivity contribution in [1.82, 2.24) is 14.7 Å². The molecule has 1 saturated heterocycles. The highest BCUT2D eigenvalue weighted by Crippen LogP contribution is 2.28. The lowest BCUT2D eigenvalue weighted by Gasteiger charge is -2.33. The van der Waals surface area contributed by atoms with Crippen molar-refractivity contribution in [2.75, 3.05) is 39.8 Å². The molecule has 0 aromatic heterocycles. The third-order valence-electron chi connectivity index (χ3n) is 4.10. The van der Waals surface area contributed by atoms with Crippen molar-refractivity contribution in [2.45, 2.75) is 0 Å². The van der Waals surface area contributed by atoms with E-state index in [0.717, 1.165) is 18.0 Å². The van der Waals surface area contributed by atoms with Gasteiger partial charge in [-0.25, -0.2) is 0 Å². The molecule has 2 aliphatic rings. The Kier molecular flexibility index (Phi) is 3.88. The minimum absolute atomic E-state index is 0.195. The number of fused-ring (bicyclic) bond motifs is 1. The van der Waals surface area contributed by atoms with Gasteiger partial charge in [0.2, 0.25) is 5.91 Å². The Hall–Kier alpha value is -1.92. The van der Waals surface area contributed by atoms with Crippen LogP contribution in [0.4, 0.5) is 0 Å². The van der Waals surface area contributed by atoms with Crippen LogP contribution in [0.15, 0.2) is 18.2 Å². The van der Waals surface area contributed by atoms with E-state index in [0.29, 0.717) is 13.1 Å². The van der Waals surface area contributed by atoms with Crippen LogP contribution in [0.5, 0.6) is 0 Å². The monoisotopic (exact) mass is 321 g/mol. The maximum Gasteiger partial charge on any atom is 0.263 e. The van der Waals surface area contributed by atoms with E-state index in [-0.39, 0.29) is 28.6 Å². The van der Waals surface area contributed by atoms with Crippen molar-refractivity contribution < 1.29 is 14.4 Å². The fraction of sp³-hybridized carbons (Fsp3) is 0.400. The lowest BCUT2D eigenvalue weighted by molar-refractivity contribution is -0.133.